The second-order valence-corrected chi connectivity index (χ2v) is 28.0. The fourth-order valence-electron chi connectivity index (χ4n) is 15.0. The molecule has 0 saturated heterocycles. The van der Waals surface area contributed by atoms with Crippen LogP contribution in [-0.4, -0.2) is 109 Å². The van der Waals surface area contributed by atoms with Gasteiger partial charge in [0.05, 0.1) is 27.5 Å². The van der Waals surface area contributed by atoms with E-state index in [4.69, 9.17) is 0 Å². The zero-order chi connectivity index (χ0) is 89.4. The Hall–Kier alpha value is -10.9. The van der Waals surface area contributed by atoms with Crippen LogP contribution in [0.1, 0.15) is 85.4 Å². The molecule has 9 aromatic rings. The minimum absolute atomic E-state index is 0.00625. The number of rotatable bonds is 8. The van der Waals surface area contributed by atoms with Crippen molar-refractivity contribution >= 4 is 106 Å². The quantitative estimate of drug-likeness (QED) is 0.0602. The van der Waals surface area contributed by atoms with Gasteiger partial charge in [0.1, 0.15) is 33.7 Å². The van der Waals surface area contributed by atoms with E-state index >= 15 is 171 Å². The van der Waals surface area contributed by atoms with Gasteiger partial charge in [0, 0.05) is 68.1 Å². The highest BCUT2D eigenvalue weighted by molar-refractivity contribution is 7.14. The molecule has 6 aromatic carbocycles. The van der Waals surface area contributed by atoms with E-state index in [0.717, 1.165) is 6.07 Å². The number of halogens is 39. The van der Waals surface area contributed by atoms with E-state index in [9.17, 15) is 15.2 Å². The number of hydrogen-bond donors (Lipinski definition) is 3. The van der Waals surface area contributed by atoms with Crippen LogP contribution in [0.2, 0.25) is 0 Å². The molecule has 52 heteroatoms. The fourth-order valence-corrected chi connectivity index (χ4v) is 16.1. The topological polar surface area (TPSA) is 138 Å². The van der Waals surface area contributed by atoms with Gasteiger partial charge in [-0.2, -0.15) is 160 Å². The van der Waals surface area contributed by atoms with Crippen LogP contribution >= 0.6 is 11.3 Å². The van der Waals surface area contributed by atoms with E-state index in [0.29, 0.717) is 0 Å². The lowest BCUT2D eigenvalue weighted by atomic mass is 9.76. The number of thiophene rings is 1. The maximum atomic E-state index is 18.6. The first-order valence-corrected chi connectivity index (χ1v) is 32.6. The summed E-state index contributed by atoms with van der Waals surface area (Å²) in [6, 6.07) is -1.02. The van der Waals surface area contributed by atoms with Crippen LogP contribution in [-0.2, 0) is 59.1 Å². The number of hydrogen-bond acceptors (Lipinski definition) is 8. The number of fused-ring (bicyclic) bond motifs is 19. The normalized spacial score (nSPS) is 17.6. The SMILES string of the molecule is Cn1c2c3c(C(F)(C(F)(F)F)C(F)(F)F)c4ccccc4c(C(C)(F)C(F)(F)F)c3c1NC1c3c(c(C(F)(C(F)(F)F)C(F)(F)F)c4ccccc4c3C(F)(C(F)(F)F)C(F)(F)F)C3=[N+]1N[N+]1=C(N=c4c5c(C(F)(F)F)sc(C=C(C#N)C(=O)O)c5c(n4C)=N3)c3c(c(C(F)(C(F)(F)F)C(F)(F)F)c4ccccc4c3C(C)(F)C(F)(F)F)C1=N2. The summed E-state index contributed by atoms with van der Waals surface area (Å²) in [5.41, 5.74) is -81.7. The number of alkyl halides is 39. The van der Waals surface area contributed by atoms with Gasteiger partial charge in [-0.1, -0.05) is 82.2 Å². The van der Waals surface area contributed by atoms with Crippen molar-refractivity contribution < 1.29 is 190 Å². The van der Waals surface area contributed by atoms with Crippen LogP contribution in [0, 0.1) is 11.3 Å². The molecule has 3 atom stereocenters. The largest absolute Gasteiger partial charge is 0.477 e. The summed E-state index contributed by atoms with van der Waals surface area (Å²) >= 11 is -1.05. The molecule has 0 fully saturated rings. The second-order valence-electron chi connectivity index (χ2n) is 26.9. The Morgan fingerprint density at radius 2 is 0.807 bits per heavy atom. The van der Waals surface area contributed by atoms with Crippen LogP contribution in [0.15, 0.2) is 93.3 Å². The molecule has 0 saturated carbocycles. The zero-order valence-electron chi connectivity index (χ0n) is 57.2. The molecule has 0 amide bonds. The molecule has 13 rings (SSSR count). The third-order valence-corrected chi connectivity index (χ3v) is 21.4. The summed E-state index contributed by atoms with van der Waals surface area (Å²) in [6.07, 6.45) is -89.9. The van der Waals surface area contributed by atoms with Crippen LogP contribution in [0.25, 0.3) is 59.9 Å². The van der Waals surface area contributed by atoms with E-state index in [-0.39, 0.29) is 80.8 Å². The minimum Gasteiger partial charge on any atom is -0.477 e. The van der Waals surface area contributed by atoms with Crippen molar-refractivity contribution in [2.75, 3.05) is 5.32 Å². The monoisotopic (exact) mass is 1780 g/mol. The number of nitriles is 1. The van der Waals surface area contributed by atoms with Crippen LogP contribution < -0.4 is 21.8 Å². The molecule has 7 heterocycles. The van der Waals surface area contributed by atoms with E-state index in [1.54, 1.807) is 0 Å². The van der Waals surface area contributed by atoms with Gasteiger partial charge in [0.25, 0.3) is 17.2 Å². The first kappa shape index (κ1) is 85.9. The Labute approximate surface area is 632 Å². The summed E-state index contributed by atoms with van der Waals surface area (Å²) in [7, 11) is -0.310. The number of hydrazone groups is 2. The number of benzene rings is 6. The van der Waals surface area contributed by atoms with E-state index in [2.05, 4.69) is 15.0 Å². The van der Waals surface area contributed by atoms with Gasteiger partial charge >= 0.3 is 102 Å². The maximum Gasteiger partial charge on any atom is 0.435 e. The standard InChI is InChI=1S/C67H27F39N10O2S/c1-51(68,58(77,78)79)35-20-11-5-7-13-22(20)37(53(70,60(83,84)85)61(86,87)88)30-28(35)43-109-49-33-32(39(55(72,64(95,96)97)65(98,99)100)24-15-9-10-16-25(24)40(33)56(73,66(101,102)103)67(104,105)106)48-108-42-27-26(17-19(18-107)50(117)118)119-41(57(74,75)76)34(27)45(113(42)3)111-46-29-31(47(110-44(30)114(43)4)115(46)112-116(48)49)38(54(71,62(89,90)91)63(92,93)94)23-14-8-6-12-21(23)36(29)52(2,69)59(80,81)82/h5-17,49,112H,1-4H3/p+2. The molecule has 0 aliphatic carbocycles. The summed E-state index contributed by atoms with van der Waals surface area (Å²) < 4.78 is 644. The number of carboxylic acids is 1. The van der Waals surface area contributed by atoms with Crippen molar-refractivity contribution in [2.45, 2.75) is 122 Å². The first-order valence-electron chi connectivity index (χ1n) is 31.8. The Morgan fingerprint density at radius 3 is 1.21 bits per heavy atom. The van der Waals surface area contributed by atoms with Gasteiger partial charge in [-0.3, -0.25) is 4.57 Å². The number of aliphatic imine (C=N–C) groups is 1. The lowest BCUT2D eigenvalue weighted by Gasteiger charge is -2.36. The van der Waals surface area contributed by atoms with Gasteiger partial charge in [-0.15, -0.1) is 11.3 Å². The average Bonchev–Trinajstić information content (AvgIpc) is 1.55. The van der Waals surface area contributed by atoms with Crippen molar-refractivity contribution in [3.8, 4) is 6.07 Å². The van der Waals surface area contributed by atoms with Gasteiger partial charge in [0.15, 0.2) is 5.49 Å². The maximum absolute atomic E-state index is 18.6. The molecule has 4 aliphatic heterocycles. The fraction of sp³-hybridized carbons (Fsp3) is 0.328. The van der Waals surface area contributed by atoms with E-state index in [1.165, 1.54) is 10.9 Å². The molecule has 636 valence electrons. The summed E-state index contributed by atoms with van der Waals surface area (Å²) in [6.45, 7) is -1.69. The van der Waals surface area contributed by atoms with Crippen LogP contribution in [0.5, 0.6) is 0 Å². The van der Waals surface area contributed by atoms with Crippen molar-refractivity contribution in [3.63, 3.8) is 0 Å². The molecule has 119 heavy (non-hydrogen) atoms. The predicted molar refractivity (Wildman–Crippen MR) is 331 cm³/mol. The molecule has 6 bridgehead atoms. The van der Waals surface area contributed by atoms with Gasteiger partial charge in [-0.25, -0.2) is 31.1 Å². The molecule has 3 aromatic heterocycles. The molecule has 4 aliphatic rings. The number of hydrazine groups is 2. The van der Waals surface area contributed by atoms with Gasteiger partial charge in [0.2, 0.25) is 17.5 Å². The molecule has 3 unspecified atom stereocenters. The Balaban J connectivity index is 1.54. The van der Waals surface area contributed by atoms with Crippen molar-refractivity contribution in [1.29, 1.82) is 5.26 Å². The number of amidine groups is 3. The number of nitrogens with zero attached hydrogens (tertiary/aromatic N) is 8. The summed E-state index contributed by atoms with van der Waals surface area (Å²) in [5, 5.41) is -4.35. The van der Waals surface area contributed by atoms with Crippen LogP contribution in [0.3, 0.4) is 0 Å². The van der Waals surface area contributed by atoms with Gasteiger partial charge < -0.3 is 15.0 Å². The van der Waals surface area contributed by atoms with Crippen molar-refractivity contribution in [3.05, 3.63) is 155 Å². The van der Waals surface area contributed by atoms with Gasteiger partial charge in [-0.05, 0) is 57.8 Å². The molecular weight excluding hydrogens is 1750 g/mol. The number of carbonyl (C=O) groups is 1. The second kappa shape index (κ2) is 25.1. The lowest BCUT2D eigenvalue weighted by Crippen LogP contribution is -2.53. The van der Waals surface area contributed by atoms with Crippen molar-refractivity contribution in [2.24, 2.45) is 29.1 Å². The van der Waals surface area contributed by atoms with E-state index in [1.807, 2.05) is 0 Å². The highest BCUT2D eigenvalue weighted by atomic mass is 32.1. The number of anilines is 1. The Kier molecular flexibility index (Phi) is 18.1. The average molecular weight is 1780 g/mol. The van der Waals surface area contributed by atoms with Crippen molar-refractivity contribution in [1.82, 2.24) is 14.7 Å². The smallest absolute Gasteiger partial charge is 0.435 e. The highest BCUT2D eigenvalue weighted by Gasteiger charge is 2.81. The summed E-state index contributed by atoms with van der Waals surface area (Å²) in [4.78, 5) is 19.0. The molecule has 0 spiro atoms. The van der Waals surface area contributed by atoms with E-state index < -0.39 is 335 Å². The summed E-state index contributed by atoms with van der Waals surface area (Å²) in [5.74, 6) is -17.2. The molecule has 12 nitrogen and oxygen atoms in total. The zero-order valence-corrected chi connectivity index (χ0v) is 58.0. The number of carboxylic acid groups (broad SMARTS) is 1. The number of aromatic nitrogens is 2. The minimum atomic E-state index is -8.12. The number of nitrogens with one attached hydrogen (secondary N) is 2. The van der Waals surface area contributed by atoms with Crippen LogP contribution in [0.4, 0.5) is 183 Å². The Morgan fingerprint density at radius 1 is 0.445 bits per heavy atom. The predicted octanol–water partition coefficient (Wildman–Crippen LogP) is 21.0. The molecule has 3 N–H and O–H groups in total. The third kappa shape index (κ3) is 11.3. The lowest BCUT2D eigenvalue weighted by molar-refractivity contribution is -0.786. The highest BCUT2D eigenvalue weighted by Crippen LogP contribution is 2.67. The first-order chi connectivity index (χ1) is 53.8. The molecule has 0 radical (unpaired) electrons. The third-order valence-electron chi connectivity index (χ3n) is 20.2. The molecular formula is C67H29F39N10O2S+2. The Bertz CT molecular complexity index is 6230. The number of aliphatic carboxylic acids is 1.